The van der Waals surface area contributed by atoms with E-state index in [2.05, 4.69) is 12.6 Å². The minimum absolute atomic E-state index is 0.0242. The number of nitriles is 1. The highest BCUT2D eigenvalue weighted by Gasteiger charge is 2.52. The van der Waals surface area contributed by atoms with Crippen LogP contribution in [-0.2, 0) is 11.3 Å². The number of likely N-dealkylation sites (tertiary alicyclic amines) is 1. The summed E-state index contributed by atoms with van der Waals surface area (Å²) >= 11 is 0. The van der Waals surface area contributed by atoms with E-state index in [4.69, 9.17) is 0 Å². The topological polar surface area (TPSA) is 44.1 Å². The Labute approximate surface area is 142 Å². The van der Waals surface area contributed by atoms with Crippen LogP contribution in [0.15, 0.2) is 73.3 Å². The van der Waals surface area contributed by atoms with Crippen LogP contribution in [0, 0.1) is 16.7 Å². The Morgan fingerprint density at radius 1 is 1.17 bits per heavy atom. The second-order valence-corrected chi connectivity index (χ2v) is 6.26. The van der Waals surface area contributed by atoms with E-state index in [1.807, 2.05) is 65.6 Å². The fourth-order valence-electron chi connectivity index (χ4n) is 3.59. The van der Waals surface area contributed by atoms with Crippen molar-refractivity contribution in [3.8, 4) is 6.07 Å². The zero-order valence-electron chi connectivity index (χ0n) is 13.6. The van der Waals surface area contributed by atoms with Gasteiger partial charge in [0.15, 0.2) is 0 Å². The number of carbonyl (C=O) groups excluding carboxylic acids is 1. The molecular formula is C21H20N2O. The number of rotatable bonds is 5. The van der Waals surface area contributed by atoms with E-state index < -0.39 is 5.41 Å². The van der Waals surface area contributed by atoms with Gasteiger partial charge in [0.2, 0.25) is 5.91 Å². The van der Waals surface area contributed by atoms with E-state index in [1.165, 1.54) is 0 Å². The Morgan fingerprint density at radius 3 is 2.38 bits per heavy atom. The molecule has 0 saturated carbocycles. The van der Waals surface area contributed by atoms with Crippen molar-refractivity contribution in [3.63, 3.8) is 0 Å². The quantitative estimate of drug-likeness (QED) is 0.774. The highest BCUT2D eigenvalue weighted by atomic mass is 16.2. The van der Waals surface area contributed by atoms with Crippen LogP contribution in [0.1, 0.15) is 30.0 Å². The third-order valence-electron chi connectivity index (χ3n) is 4.66. The molecule has 2 aromatic rings. The largest absolute Gasteiger partial charge is 0.330 e. The van der Waals surface area contributed by atoms with Crippen LogP contribution in [-0.4, -0.2) is 10.8 Å². The fourth-order valence-corrected chi connectivity index (χ4v) is 3.59. The van der Waals surface area contributed by atoms with Crippen molar-refractivity contribution in [1.29, 1.82) is 5.26 Å². The molecule has 0 N–H and O–H groups in total. The van der Waals surface area contributed by atoms with Gasteiger partial charge in [-0.05, 0) is 17.5 Å². The Hall–Kier alpha value is -2.86. The normalized spacial score (nSPS) is 23.0. The van der Waals surface area contributed by atoms with Gasteiger partial charge in [-0.1, -0.05) is 66.7 Å². The predicted molar refractivity (Wildman–Crippen MR) is 93.7 cm³/mol. The van der Waals surface area contributed by atoms with E-state index in [0.29, 0.717) is 13.0 Å². The molecule has 0 spiro atoms. The summed E-state index contributed by atoms with van der Waals surface area (Å²) in [6.45, 7) is 4.31. The Balaban J connectivity index is 2.04. The SMILES string of the molecule is C=CC[C@@]1(C#N)CC(=O)N(Cc2ccccc2)[C@@H]1c1ccccc1. The predicted octanol–water partition coefficient (Wildman–Crippen LogP) is 4.25. The van der Waals surface area contributed by atoms with Gasteiger partial charge in [0.05, 0.1) is 17.5 Å². The van der Waals surface area contributed by atoms with E-state index in [1.54, 1.807) is 6.08 Å². The first-order valence-electron chi connectivity index (χ1n) is 8.11. The molecule has 3 heteroatoms. The molecule has 0 unspecified atom stereocenters. The maximum atomic E-state index is 12.8. The lowest BCUT2D eigenvalue weighted by Gasteiger charge is -2.33. The number of carbonyl (C=O) groups is 1. The summed E-state index contributed by atoms with van der Waals surface area (Å²) in [5.41, 5.74) is 1.32. The number of amides is 1. The number of nitrogens with zero attached hydrogens (tertiary/aromatic N) is 2. The molecule has 2 atom stereocenters. The number of hydrogen-bond acceptors (Lipinski definition) is 2. The molecule has 120 valence electrons. The lowest BCUT2D eigenvalue weighted by atomic mass is 9.75. The standard InChI is InChI=1S/C21H20N2O/c1-2-13-21(16-22)14-19(24)23(15-17-9-5-3-6-10-17)20(21)18-11-7-4-8-12-18/h2-12,20H,1,13-15H2/t20-,21+/m1/s1. The summed E-state index contributed by atoms with van der Waals surface area (Å²) in [5.74, 6) is 0.0242. The van der Waals surface area contributed by atoms with E-state index in [-0.39, 0.29) is 18.4 Å². The van der Waals surface area contributed by atoms with Crippen LogP contribution < -0.4 is 0 Å². The first kappa shape index (κ1) is 16.0. The molecule has 0 radical (unpaired) electrons. The lowest BCUT2D eigenvalue weighted by molar-refractivity contribution is -0.129. The van der Waals surface area contributed by atoms with Crippen LogP contribution in [0.2, 0.25) is 0 Å². The highest BCUT2D eigenvalue weighted by Crippen LogP contribution is 2.50. The van der Waals surface area contributed by atoms with E-state index in [0.717, 1.165) is 11.1 Å². The van der Waals surface area contributed by atoms with Gasteiger partial charge in [0, 0.05) is 13.0 Å². The molecule has 0 bridgehead atoms. The van der Waals surface area contributed by atoms with Crippen LogP contribution in [0.4, 0.5) is 0 Å². The summed E-state index contributed by atoms with van der Waals surface area (Å²) in [6, 6.07) is 21.9. The third-order valence-corrected chi connectivity index (χ3v) is 4.66. The fraction of sp³-hybridized carbons (Fsp3) is 0.238. The molecule has 1 aliphatic heterocycles. The molecule has 1 fully saturated rings. The lowest BCUT2D eigenvalue weighted by Crippen LogP contribution is -2.32. The number of benzene rings is 2. The van der Waals surface area contributed by atoms with Gasteiger partial charge in [-0.25, -0.2) is 0 Å². The molecular weight excluding hydrogens is 296 g/mol. The third kappa shape index (κ3) is 2.83. The summed E-state index contributed by atoms with van der Waals surface area (Å²) in [4.78, 5) is 14.6. The maximum Gasteiger partial charge on any atom is 0.225 e. The monoisotopic (exact) mass is 316 g/mol. The minimum atomic E-state index is -0.755. The minimum Gasteiger partial charge on any atom is -0.330 e. The molecule has 2 aromatic carbocycles. The molecule has 0 aromatic heterocycles. The Morgan fingerprint density at radius 2 is 1.79 bits per heavy atom. The van der Waals surface area contributed by atoms with Crippen LogP contribution in [0.5, 0.6) is 0 Å². The summed E-state index contributed by atoms with van der Waals surface area (Å²) < 4.78 is 0. The number of allylic oxidation sites excluding steroid dienone is 1. The Kier molecular flexibility index (Phi) is 4.48. The van der Waals surface area contributed by atoms with Crippen molar-refractivity contribution in [2.75, 3.05) is 0 Å². The van der Waals surface area contributed by atoms with E-state index >= 15 is 0 Å². The van der Waals surface area contributed by atoms with Crippen molar-refractivity contribution in [3.05, 3.63) is 84.4 Å². The van der Waals surface area contributed by atoms with Crippen LogP contribution in [0.25, 0.3) is 0 Å². The van der Waals surface area contributed by atoms with E-state index in [9.17, 15) is 10.1 Å². The highest BCUT2D eigenvalue weighted by molar-refractivity contribution is 5.81. The summed E-state index contributed by atoms with van der Waals surface area (Å²) in [7, 11) is 0. The molecule has 0 aliphatic carbocycles. The average molecular weight is 316 g/mol. The zero-order valence-corrected chi connectivity index (χ0v) is 13.6. The molecule has 24 heavy (non-hydrogen) atoms. The van der Waals surface area contributed by atoms with Crippen molar-refractivity contribution in [2.24, 2.45) is 5.41 Å². The van der Waals surface area contributed by atoms with Crippen molar-refractivity contribution in [1.82, 2.24) is 4.90 Å². The van der Waals surface area contributed by atoms with Crippen LogP contribution in [0.3, 0.4) is 0 Å². The van der Waals surface area contributed by atoms with Gasteiger partial charge >= 0.3 is 0 Å². The van der Waals surface area contributed by atoms with Crippen molar-refractivity contribution in [2.45, 2.75) is 25.4 Å². The smallest absolute Gasteiger partial charge is 0.225 e. The molecule has 1 amide bonds. The second-order valence-electron chi connectivity index (χ2n) is 6.26. The zero-order chi connectivity index (χ0) is 17.0. The first-order chi connectivity index (χ1) is 11.7. The first-order valence-corrected chi connectivity index (χ1v) is 8.11. The maximum absolute atomic E-state index is 12.8. The van der Waals surface area contributed by atoms with Gasteiger partial charge in [0.1, 0.15) is 0 Å². The molecule has 1 aliphatic rings. The van der Waals surface area contributed by atoms with Crippen LogP contribution >= 0.6 is 0 Å². The summed E-state index contributed by atoms with van der Waals surface area (Å²) in [6.07, 6.45) is 2.49. The van der Waals surface area contributed by atoms with Gasteiger partial charge < -0.3 is 4.90 Å². The molecule has 3 rings (SSSR count). The average Bonchev–Trinajstić information content (AvgIpc) is 2.89. The van der Waals surface area contributed by atoms with Gasteiger partial charge in [-0.3, -0.25) is 4.79 Å². The number of hydrogen-bond donors (Lipinski definition) is 0. The Bertz CT molecular complexity index is 763. The molecule has 1 saturated heterocycles. The summed E-state index contributed by atoms with van der Waals surface area (Å²) in [5, 5.41) is 9.90. The molecule has 3 nitrogen and oxygen atoms in total. The van der Waals surface area contributed by atoms with Gasteiger partial charge in [-0.15, -0.1) is 6.58 Å². The second kappa shape index (κ2) is 6.72. The van der Waals surface area contributed by atoms with Crippen molar-refractivity contribution >= 4 is 5.91 Å². The van der Waals surface area contributed by atoms with Crippen molar-refractivity contribution < 1.29 is 4.79 Å². The van der Waals surface area contributed by atoms with Gasteiger partial charge in [-0.2, -0.15) is 5.26 Å². The molecule has 1 heterocycles. The van der Waals surface area contributed by atoms with Gasteiger partial charge in [0.25, 0.3) is 0 Å².